The molecule has 0 aliphatic rings. The molecule has 0 saturated carbocycles. The van der Waals surface area contributed by atoms with Gasteiger partial charge in [0, 0.05) is 16.8 Å². The van der Waals surface area contributed by atoms with E-state index in [1.165, 1.54) is 36.4 Å². The van der Waals surface area contributed by atoms with Crippen LogP contribution in [0.2, 0.25) is 0 Å². The van der Waals surface area contributed by atoms with Gasteiger partial charge in [-0.25, -0.2) is 9.59 Å². The Morgan fingerprint density at radius 2 is 1.15 bits per heavy atom. The van der Waals surface area contributed by atoms with Gasteiger partial charge in [0.05, 0.1) is 11.1 Å². The Morgan fingerprint density at radius 1 is 0.634 bits per heavy atom. The Morgan fingerprint density at radius 3 is 1.73 bits per heavy atom. The number of hydrogen-bond acceptors (Lipinski definition) is 6. The Bertz CT molecular complexity index is 1550. The lowest BCUT2D eigenvalue weighted by atomic mass is 9.87. The maximum atomic E-state index is 12.6. The molecule has 1 N–H and O–H groups in total. The molecule has 0 atom stereocenters. The van der Waals surface area contributed by atoms with E-state index in [2.05, 4.69) is 26.1 Å². The summed E-state index contributed by atoms with van der Waals surface area (Å²) in [4.78, 5) is 49.8. The van der Waals surface area contributed by atoms with Crippen LogP contribution in [0, 0.1) is 6.92 Å². The average molecular weight is 550 g/mol. The van der Waals surface area contributed by atoms with Crippen molar-refractivity contribution >= 4 is 29.3 Å². The molecule has 0 radical (unpaired) electrons. The topological polar surface area (TPSA) is 98.8 Å². The van der Waals surface area contributed by atoms with Gasteiger partial charge in [-0.1, -0.05) is 50.6 Å². The number of carbonyl (C=O) groups is 4. The van der Waals surface area contributed by atoms with Crippen molar-refractivity contribution in [2.24, 2.45) is 0 Å². The van der Waals surface area contributed by atoms with E-state index in [4.69, 9.17) is 9.47 Å². The molecule has 0 unspecified atom stereocenters. The Kier molecular flexibility index (Phi) is 8.78. The van der Waals surface area contributed by atoms with Crippen LogP contribution in [0.25, 0.3) is 0 Å². The number of ether oxygens (including phenoxy) is 2. The lowest BCUT2D eigenvalue weighted by Gasteiger charge is -2.19. The van der Waals surface area contributed by atoms with Crippen LogP contribution in [0.3, 0.4) is 0 Å². The molecule has 0 spiro atoms. The molecule has 0 fully saturated rings. The SMILES string of the molecule is Cc1ccc(C(=O)Oc2ccc(C(=O)COC(=O)c3ccc(NC(=O)c4ccc(C(C)(C)C)cc4)cc3)cc2)cc1. The molecule has 1 amide bonds. The molecule has 41 heavy (non-hydrogen) atoms. The van der Waals surface area contributed by atoms with E-state index in [1.54, 1.807) is 36.4 Å². The third kappa shape index (κ3) is 7.76. The van der Waals surface area contributed by atoms with Crippen molar-refractivity contribution in [2.45, 2.75) is 33.1 Å². The standard InChI is InChI=1S/C34H31NO6/c1-22-5-7-26(8-6-22)33(39)41-29-19-13-23(14-20-29)30(36)21-40-32(38)25-11-17-28(18-12-25)35-31(37)24-9-15-27(16-10-24)34(2,3)4/h5-20H,21H2,1-4H3,(H,35,37). The summed E-state index contributed by atoms with van der Waals surface area (Å²) in [6, 6.07) is 26.7. The van der Waals surface area contributed by atoms with Crippen molar-refractivity contribution < 1.29 is 28.7 Å². The number of hydrogen-bond donors (Lipinski definition) is 1. The summed E-state index contributed by atoms with van der Waals surface area (Å²) in [5.74, 6) is -1.55. The zero-order valence-corrected chi connectivity index (χ0v) is 23.4. The van der Waals surface area contributed by atoms with Crippen molar-refractivity contribution in [1.82, 2.24) is 0 Å². The second kappa shape index (κ2) is 12.4. The molecule has 7 nitrogen and oxygen atoms in total. The highest BCUT2D eigenvalue weighted by atomic mass is 16.5. The number of rotatable bonds is 8. The predicted octanol–water partition coefficient (Wildman–Crippen LogP) is 6.80. The first kappa shape index (κ1) is 29.0. The second-order valence-electron chi connectivity index (χ2n) is 10.6. The summed E-state index contributed by atoms with van der Waals surface area (Å²) in [6.45, 7) is 7.79. The molecule has 0 saturated heterocycles. The summed E-state index contributed by atoms with van der Waals surface area (Å²) in [5.41, 5.74) is 4.17. The summed E-state index contributed by atoms with van der Waals surface area (Å²) in [5, 5.41) is 2.81. The van der Waals surface area contributed by atoms with E-state index in [0.29, 0.717) is 28.1 Å². The molecule has 0 heterocycles. The maximum absolute atomic E-state index is 12.6. The Balaban J connectivity index is 1.27. The fraction of sp³-hybridized carbons (Fsp3) is 0.176. The van der Waals surface area contributed by atoms with Crippen LogP contribution in [0.5, 0.6) is 5.75 Å². The summed E-state index contributed by atoms with van der Waals surface area (Å²) < 4.78 is 10.5. The van der Waals surface area contributed by atoms with Gasteiger partial charge in [-0.15, -0.1) is 0 Å². The lowest BCUT2D eigenvalue weighted by molar-refractivity contribution is 0.0474. The molecule has 208 valence electrons. The van der Waals surface area contributed by atoms with Gasteiger partial charge in [0.15, 0.2) is 12.4 Å². The molecular formula is C34H31NO6. The maximum Gasteiger partial charge on any atom is 0.343 e. The Labute approximate surface area is 239 Å². The molecule has 4 aromatic rings. The van der Waals surface area contributed by atoms with Crippen LogP contribution in [-0.2, 0) is 10.2 Å². The van der Waals surface area contributed by atoms with Crippen molar-refractivity contribution in [1.29, 1.82) is 0 Å². The fourth-order valence-electron chi connectivity index (χ4n) is 3.88. The van der Waals surface area contributed by atoms with E-state index < -0.39 is 24.3 Å². The van der Waals surface area contributed by atoms with E-state index in [0.717, 1.165) is 11.1 Å². The number of aryl methyl sites for hydroxylation is 1. The molecule has 0 bridgehead atoms. The number of ketones is 1. The molecule has 0 aliphatic carbocycles. The zero-order valence-electron chi connectivity index (χ0n) is 23.4. The van der Waals surface area contributed by atoms with Crippen LogP contribution in [0.15, 0.2) is 97.1 Å². The fourth-order valence-corrected chi connectivity index (χ4v) is 3.88. The number of amides is 1. The van der Waals surface area contributed by atoms with Crippen LogP contribution in [-0.4, -0.2) is 30.2 Å². The van der Waals surface area contributed by atoms with Crippen molar-refractivity contribution in [3.63, 3.8) is 0 Å². The minimum Gasteiger partial charge on any atom is -0.454 e. The van der Waals surface area contributed by atoms with Crippen LogP contribution >= 0.6 is 0 Å². The third-order valence-corrected chi connectivity index (χ3v) is 6.40. The van der Waals surface area contributed by atoms with E-state index in [-0.39, 0.29) is 16.9 Å². The Hall–Kier alpha value is -5.04. The first-order valence-corrected chi connectivity index (χ1v) is 13.1. The average Bonchev–Trinajstić information content (AvgIpc) is 2.96. The number of nitrogens with one attached hydrogen (secondary N) is 1. The minimum absolute atomic E-state index is 0.00660. The van der Waals surface area contributed by atoms with E-state index in [1.807, 2.05) is 31.2 Å². The van der Waals surface area contributed by atoms with Gasteiger partial charge in [0.25, 0.3) is 5.91 Å². The molecule has 4 aromatic carbocycles. The largest absolute Gasteiger partial charge is 0.454 e. The summed E-state index contributed by atoms with van der Waals surface area (Å²) >= 11 is 0. The smallest absolute Gasteiger partial charge is 0.343 e. The lowest BCUT2D eigenvalue weighted by Crippen LogP contribution is -2.15. The number of anilines is 1. The highest BCUT2D eigenvalue weighted by Crippen LogP contribution is 2.23. The van der Waals surface area contributed by atoms with Gasteiger partial charge in [0.2, 0.25) is 0 Å². The normalized spacial score (nSPS) is 10.9. The second-order valence-corrected chi connectivity index (χ2v) is 10.6. The first-order valence-electron chi connectivity index (χ1n) is 13.1. The van der Waals surface area contributed by atoms with Crippen LogP contribution in [0.1, 0.15) is 73.3 Å². The van der Waals surface area contributed by atoms with E-state index in [9.17, 15) is 19.2 Å². The predicted molar refractivity (Wildman–Crippen MR) is 157 cm³/mol. The van der Waals surface area contributed by atoms with Gasteiger partial charge >= 0.3 is 11.9 Å². The number of benzene rings is 4. The van der Waals surface area contributed by atoms with Gasteiger partial charge in [-0.2, -0.15) is 0 Å². The number of Topliss-reactive ketones (excluding diaryl/α,β-unsaturated/α-hetero) is 1. The number of carbonyl (C=O) groups excluding carboxylic acids is 4. The number of esters is 2. The summed E-state index contributed by atoms with van der Waals surface area (Å²) in [6.07, 6.45) is 0. The highest BCUT2D eigenvalue weighted by Gasteiger charge is 2.16. The van der Waals surface area contributed by atoms with Gasteiger partial charge < -0.3 is 14.8 Å². The van der Waals surface area contributed by atoms with Crippen LogP contribution in [0.4, 0.5) is 5.69 Å². The van der Waals surface area contributed by atoms with Gasteiger partial charge in [-0.05, 0) is 90.7 Å². The zero-order chi connectivity index (χ0) is 29.6. The van der Waals surface area contributed by atoms with Crippen molar-refractivity contribution in [3.8, 4) is 5.75 Å². The first-order chi connectivity index (χ1) is 19.5. The minimum atomic E-state index is -0.669. The third-order valence-electron chi connectivity index (χ3n) is 6.40. The quantitative estimate of drug-likeness (QED) is 0.147. The van der Waals surface area contributed by atoms with Gasteiger partial charge in [-0.3, -0.25) is 9.59 Å². The van der Waals surface area contributed by atoms with E-state index >= 15 is 0 Å². The molecule has 0 aromatic heterocycles. The summed E-state index contributed by atoms with van der Waals surface area (Å²) in [7, 11) is 0. The van der Waals surface area contributed by atoms with Gasteiger partial charge in [0.1, 0.15) is 5.75 Å². The molecular weight excluding hydrogens is 518 g/mol. The molecule has 7 heteroatoms. The molecule has 0 aliphatic heterocycles. The molecule has 4 rings (SSSR count). The van der Waals surface area contributed by atoms with Crippen molar-refractivity contribution in [2.75, 3.05) is 11.9 Å². The van der Waals surface area contributed by atoms with Crippen molar-refractivity contribution in [3.05, 3.63) is 130 Å². The highest BCUT2D eigenvalue weighted by molar-refractivity contribution is 6.04. The van der Waals surface area contributed by atoms with Crippen LogP contribution < -0.4 is 10.1 Å². The monoisotopic (exact) mass is 549 g/mol.